The lowest BCUT2D eigenvalue weighted by atomic mass is 9.96. The van der Waals surface area contributed by atoms with Gasteiger partial charge in [0.25, 0.3) is 0 Å². The molecule has 1 fully saturated rings. The fourth-order valence-electron chi connectivity index (χ4n) is 4.36. The number of thioether (sulfide) groups is 1. The average Bonchev–Trinajstić information content (AvgIpc) is 3.01. The first-order valence-electron chi connectivity index (χ1n) is 10.3. The molecule has 0 amide bonds. The Kier molecular flexibility index (Phi) is 6.21. The molecular formula is C23H25F3N2O2S. The molecule has 0 bridgehead atoms. The van der Waals surface area contributed by atoms with Gasteiger partial charge >= 0.3 is 5.51 Å². The molecule has 1 aliphatic carbocycles. The molecule has 2 aliphatic rings. The summed E-state index contributed by atoms with van der Waals surface area (Å²) < 4.78 is 43.7. The third kappa shape index (κ3) is 5.01. The SMILES string of the molecule is COc1cc2c(cc1N1CCN(C)CC1)CC(Cc1cccc(SC(F)(F)F)c1)C2=O. The number of hydrogen-bond acceptors (Lipinski definition) is 5. The normalized spacial score (nSPS) is 19.6. The molecule has 1 heterocycles. The van der Waals surface area contributed by atoms with E-state index in [0.717, 1.165) is 43.0 Å². The number of carbonyl (C=O) groups excluding carboxylic acids is 1. The van der Waals surface area contributed by atoms with Gasteiger partial charge in [-0.25, -0.2) is 0 Å². The van der Waals surface area contributed by atoms with Gasteiger partial charge < -0.3 is 14.5 Å². The Balaban J connectivity index is 1.53. The Labute approximate surface area is 184 Å². The third-order valence-electron chi connectivity index (χ3n) is 5.97. The van der Waals surface area contributed by atoms with Crippen molar-refractivity contribution in [3.05, 3.63) is 53.1 Å². The van der Waals surface area contributed by atoms with Crippen LogP contribution in [-0.4, -0.2) is 56.5 Å². The molecule has 0 saturated carbocycles. The second-order valence-corrected chi connectivity index (χ2v) is 9.27. The van der Waals surface area contributed by atoms with E-state index in [2.05, 4.69) is 22.9 Å². The van der Waals surface area contributed by atoms with Crippen LogP contribution in [0.15, 0.2) is 41.3 Å². The zero-order valence-corrected chi connectivity index (χ0v) is 18.4. The first kappa shape index (κ1) is 22.0. The minimum Gasteiger partial charge on any atom is -0.495 e. The fourth-order valence-corrected chi connectivity index (χ4v) is 4.99. The maximum absolute atomic E-state index is 13.1. The number of ketones is 1. The minimum atomic E-state index is -4.33. The summed E-state index contributed by atoms with van der Waals surface area (Å²) in [7, 11) is 3.71. The van der Waals surface area contributed by atoms with Gasteiger partial charge in [-0.05, 0) is 67.0 Å². The van der Waals surface area contributed by atoms with Crippen LogP contribution < -0.4 is 9.64 Å². The van der Waals surface area contributed by atoms with Crippen molar-refractivity contribution in [2.75, 3.05) is 45.2 Å². The van der Waals surface area contributed by atoms with Crippen LogP contribution in [0.5, 0.6) is 5.75 Å². The van der Waals surface area contributed by atoms with Crippen LogP contribution >= 0.6 is 11.8 Å². The van der Waals surface area contributed by atoms with Crippen LogP contribution in [0.1, 0.15) is 21.5 Å². The molecular weight excluding hydrogens is 425 g/mol. The lowest BCUT2D eigenvalue weighted by Gasteiger charge is -2.35. The molecule has 0 N–H and O–H groups in total. The minimum absolute atomic E-state index is 0.0344. The molecule has 0 spiro atoms. The standard InChI is InChI=1S/C23H25F3N2O2S/c1-27-6-8-28(9-7-27)20-13-16-12-17(22(29)19(16)14-21(20)30-2)10-15-4-3-5-18(11-15)31-23(24,25)26/h3-5,11,13-14,17H,6-10,12H2,1-2H3. The molecule has 1 unspecified atom stereocenters. The summed E-state index contributed by atoms with van der Waals surface area (Å²) in [5, 5.41) is 0. The molecule has 4 nitrogen and oxygen atoms in total. The van der Waals surface area contributed by atoms with Crippen molar-refractivity contribution in [1.82, 2.24) is 4.90 Å². The highest BCUT2D eigenvalue weighted by Crippen LogP contribution is 2.40. The van der Waals surface area contributed by atoms with Crippen molar-refractivity contribution in [2.24, 2.45) is 5.92 Å². The quantitative estimate of drug-likeness (QED) is 0.619. The highest BCUT2D eigenvalue weighted by atomic mass is 32.2. The molecule has 2 aromatic carbocycles. The number of rotatable bonds is 5. The van der Waals surface area contributed by atoms with E-state index in [-0.39, 0.29) is 28.4 Å². The zero-order chi connectivity index (χ0) is 22.2. The van der Waals surface area contributed by atoms with E-state index >= 15 is 0 Å². The number of nitrogens with zero attached hydrogens (tertiary/aromatic N) is 2. The topological polar surface area (TPSA) is 32.8 Å². The van der Waals surface area contributed by atoms with E-state index in [0.29, 0.717) is 24.2 Å². The van der Waals surface area contributed by atoms with Crippen LogP contribution in [0.2, 0.25) is 0 Å². The lowest BCUT2D eigenvalue weighted by molar-refractivity contribution is -0.0328. The predicted molar refractivity (Wildman–Crippen MR) is 116 cm³/mol. The Bertz CT molecular complexity index is 972. The Morgan fingerprint density at radius 1 is 1.13 bits per heavy atom. The van der Waals surface area contributed by atoms with E-state index in [9.17, 15) is 18.0 Å². The van der Waals surface area contributed by atoms with Crippen molar-refractivity contribution in [1.29, 1.82) is 0 Å². The lowest BCUT2D eigenvalue weighted by Crippen LogP contribution is -2.44. The van der Waals surface area contributed by atoms with E-state index < -0.39 is 5.51 Å². The highest BCUT2D eigenvalue weighted by molar-refractivity contribution is 8.00. The summed E-state index contributed by atoms with van der Waals surface area (Å²) in [5.74, 6) is 0.460. The second-order valence-electron chi connectivity index (χ2n) is 8.14. The summed E-state index contributed by atoms with van der Waals surface area (Å²) in [6.45, 7) is 3.72. The van der Waals surface area contributed by atoms with Gasteiger partial charge in [-0.3, -0.25) is 4.79 Å². The first-order chi connectivity index (χ1) is 14.7. The second kappa shape index (κ2) is 8.74. The van der Waals surface area contributed by atoms with Crippen molar-refractivity contribution >= 4 is 23.2 Å². The third-order valence-corrected chi connectivity index (χ3v) is 6.69. The maximum atomic E-state index is 13.1. The molecule has 2 aromatic rings. The maximum Gasteiger partial charge on any atom is 0.446 e. The van der Waals surface area contributed by atoms with E-state index in [1.165, 1.54) is 12.1 Å². The van der Waals surface area contributed by atoms with Crippen LogP contribution in [-0.2, 0) is 12.8 Å². The molecule has 0 radical (unpaired) electrons. The van der Waals surface area contributed by atoms with Crippen LogP contribution in [0.4, 0.5) is 18.9 Å². The Hall–Kier alpha value is -2.19. The van der Waals surface area contributed by atoms with Crippen LogP contribution in [0.25, 0.3) is 0 Å². The van der Waals surface area contributed by atoms with Crippen molar-refractivity contribution in [2.45, 2.75) is 23.2 Å². The largest absolute Gasteiger partial charge is 0.495 e. The zero-order valence-electron chi connectivity index (χ0n) is 17.5. The summed E-state index contributed by atoms with van der Waals surface area (Å²) in [6.07, 6.45) is 1.02. The van der Waals surface area contributed by atoms with Gasteiger partial charge in [-0.2, -0.15) is 13.2 Å². The van der Waals surface area contributed by atoms with E-state index in [1.54, 1.807) is 19.2 Å². The smallest absolute Gasteiger partial charge is 0.446 e. The number of hydrogen-bond donors (Lipinski definition) is 0. The van der Waals surface area contributed by atoms with Crippen LogP contribution in [0.3, 0.4) is 0 Å². The number of benzene rings is 2. The number of piperazine rings is 1. The molecule has 4 rings (SSSR count). The summed E-state index contributed by atoms with van der Waals surface area (Å²) in [6, 6.07) is 10.3. The highest BCUT2D eigenvalue weighted by Gasteiger charge is 2.33. The number of likely N-dealkylation sites (N-methyl/N-ethyl adjacent to an activating group) is 1. The molecule has 31 heavy (non-hydrogen) atoms. The molecule has 1 saturated heterocycles. The van der Waals surface area contributed by atoms with Gasteiger partial charge in [0.05, 0.1) is 12.8 Å². The monoisotopic (exact) mass is 450 g/mol. The number of halogens is 3. The average molecular weight is 451 g/mol. The number of methoxy groups -OCH3 is 1. The number of fused-ring (bicyclic) bond motifs is 1. The van der Waals surface area contributed by atoms with Crippen LogP contribution in [0, 0.1) is 5.92 Å². The molecule has 166 valence electrons. The Morgan fingerprint density at radius 2 is 1.87 bits per heavy atom. The van der Waals surface area contributed by atoms with Gasteiger partial charge in [0, 0.05) is 42.6 Å². The Morgan fingerprint density at radius 3 is 2.55 bits per heavy atom. The molecule has 1 atom stereocenters. The molecule has 8 heteroatoms. The molecule has 0 aromatic heterocycles. The first-order valence-corrected chi connectivity index (χ1v) is 11.1. The van der Waals surface area contributed by atoms with E-state index in [1.807, 2.05) is 6.07 Å². The van der Waals surface area contributed by atoms with Gasteiger partial charge in [0.1, 0.15) is 5.75 Å². The summed E-state index contributed by atoms with van der Waals surface area (Å²) in [4.78, 5) is 17.8. The predicted octanol–water partition coefficient (Wildman–Crippen LogP) is 4.66. The number of alkyl halides is 3. The fraction of sp³-hybridized carbons (Fsp3) is 0.435. The number of ether oxygens (including phenoxy) is 1. The van der Waals surface area contributed by atoms with Gasteiger partial charge in [-0.1, -0.05) is 12.1 Å². The van der Waals surface area contributed by atoms with Crippen molar-refractivity contribution < 1.29 is 22.7 Å². The summed E-state index contributed by atoms with van der Waals surface area (Å²) >= 11 is -0.127. The summed E-state index contributed by atoms with van der Waals surface area (Å²) in [5.41, 5.74) is -0.919. The van der Waals surface area contributed by atoms with E-state index in [4.69, 9.17) is 4.74 Å². The van der Waals surface area contributed by atoms with Gasteiger partial charge in [0.2, 0.25) is 0 Å². The number of Topliss-reactive ketones (excluding diaryl/α,β-unsaturated/α-hetero) is 1. The van der Waals surface area contributed by atoms with Gasteiger partial charge in [0.15, 0.2) is 5.78 Å². The molecule has 1 aliphatic heterocycles. The number of anilines is 1. The van der Waals surface area contributed by atoms with Crippen molar-refractivity contribution in [3.63, 3.8) is 0 Å². The van der Waals surface area contributed by atoms with Gasteiger partial charge in [-0.15, -0.1) is 0 Å². The number of carbonyl (C=O) groups is 1. The van der Waals surface area contributed by atoms with Crippen molar-refractivity contribution in [3.8, 4) is 5.75 Å².